The van der Waals surface area contributed by atoms with E-state index in [9.17, 15) is 14.4 Å². The number of aryl methyl sites for hydroxylation is 3. The van der Waals surface area contributed by atoms with Gasteiger partial charge in [0.1, 0.15) is 5.54 Å². The van der Waals surface area contributed by atoms with Gasteiger partial charge in [-0.05, 0) is 51.7 Å². The molecule has 6 heteroatoms. The first kappa shape index (κ1) is 19.0. The molecule has 1 aliphatic rings. The maximum absolute atomic E-state index is 12.0. The Morgan fingerprint density at radius 3 is 2.56 bits per heavy atom. The summed E-state index contributed by atoms with van der Waals surface area (Å²) in [6.45, 7) is 8.17. The van der Waals surface area contributed by atoms with E-state index in [-0.39, 0.29) is 24.8 Å². The van der Waals surface area contributed by atoms with Crippen molar-refractivity contribution >= 4 is 17.8 Å². The first-order chi connectivity index (χ1) is 11.7. The Hall–Kier alpha value is -2.37. The van der Waals surface area contributed by atoms with E-state index in [2.05, 4.69) is 42.7 Å². The average Bonchev–Trinajstić information content (AvgIpc) is 2.71. The fraction of sp³-hybridized carbons (Fsp3) is 0.526. The third kappa shape index (κ3) is 4.81. The van der Waals surface area contributed by atoms with Gasteiger partial charge in [0.25, 0.3) is 5.91 Å². The molecule has 0 radical (unpaired) electrons. The van der Waals surface area contributed by atoms with Crippen molar-refractivity contribution in [1.29, 1.82) is 0 Å². The van der Waals surface area contributed by atoms with E-state index in [1.807, 2.05) is 0 Å². The van der Waals surface area contributed by atoms with E-state index in [0.717, 1.165) is 17.7 Å². The molecule has 2 N–H and O–H groups in total. The van der Waals surface area contributed by atoms with Crippen molar-refractivity contribution in [3.8, 4) is 0 Å². The van der Waals surface area contributed by atoms with E-state index in [0.29, 0.717) is 6.54 Å². The van der Waals surface area contributed by atoms with Crippen molar-refractivity contribution in [3.05, 3.63) is 34.9 Å². The Labute approximate surface area is 149 Å². The third-order valence-corrected chi connectivity index (χ3v) is 4.45. The van der Waals surface area contributed by atoms with Crippen LogP contribution in [0.4, 0.5) is 4.79 Å². The van der Waals surface area contributed by atoms with Gasteiger partial charge in [-0.3, -0.25) is 14.5 Å². The van der Waals surface area contributed by atoms with E-state index in [4.69, 9.17) is 0 Å². The molecule has 0 aliphatic carbocycles. The average molecular weight is 345 g/mol. The van der Waals surface area contributed by atoms with Crippen LogP contribution in [0.2, 0.25) is 0 Å². The molecule has 1 heterocycles. The summed E-state index contributed by atoms with van der Waals surface area (Å²) in [4.78, 5) is 36.8. The van der Waals surface area contributed by atoms with E-state index < -0.39 is 11.6 Å². The second-order valence-corrected chi connectivity index (χ2v) is 7.15. The van der Waals surface area contributed by atoms with Crippen molar-refractivity contribution in [2.45, 2.75) is 52.5 Å². The molecule has 0 spiro atoms. The van der Waals surface area contributed by atoms with Crippen molar-refractivity contribution in [3.63, 3.8) is 0 Å². The number of hydrogen-bond donors (Lipinski definition) is 2. The lowest BCUT2D eigenvalue weighted by molar-refractivity contribution is -0.130. The fourth-order valence-electron chi connectivity index (χ4n) is 2.96. The van der Waals surface area contributed by atoms with Gasteiger partial charge in [0.15, 0.2) is 0 Å². The van der Waals surface area contributed by atoms with Gasteiger partial charge >= 0.3 is 6.03 Å². The molecule has 0 bridgehead atoms. The van der Waals surface area contributed by atoms with Crippen LogP contribution in [-0.4, -0.2) is 41.4 Å². The maximum atomic E-state index is 12.0. The second kappa shape index (κ2) is 7.68. The van der Waals surface area contributed by atoms with Gasteiger partial charge in [0.05, 0.1) is 0 Å². The number of amides is 4. The Morgan fingerprint density at radius 1 is 1.24 bits per heavy atom. The van der Waals surface area contributed by atoms with Crippen LogP contribution in [0.25, 0.3) is 0 Å². The van der Waals surface area contributed by atoms with Gasteiger partial charge in [0, 0.05) is 19.5 Å². The standard InChI is InChI=1S/C19H27N3O3/c1-13-7-8-15(14(2)12-13)6-5-10-20-16(23)9-11-22-17(24)19(3,4)21-18(22)25/h7-8,12H,5-6,9-11H2,1-4H3,(H,20,23)(H,21,25). The van der Waals surface area contributed by atoms with Crippen LogP contribution in [0.3, 0.4) is 0 Å². The molecule has 25 heavy (non-hydrogen) atoms. The number of nitrogens with zero attached hydrogens (tertiary/aromatic N) is 1. The normalized spacial score (nSPS) is 16.1. The van der Waals surface area contributed by atoms with Crippen LogP contribution in [0, 0.1) is 13.8 Å². The highest BCUT2D eigenvalue weighted by Gasteiger charge is 2.43. The molecule has 1 aliphatic heterocycles. The van der Waals surface area contributed by atoms with Crippen molar-refractivity contribution < 1.29 is 14.4 Å². The van der Waals surface area contributed by atoms with Crippen LogP contribution in [0.15, 0.2) is 18.2 Å². The van der Waals surface area contributed by atoms with Crippen LogP contribution in [0.5, 0.6) is 0 Å². The zero-order valence-corrected chi connectivity index (χ0v) is 15.4. The van der Waals surface area contributed by atoms with Gasteiger partial charge < -0.3 is 10.6 Å². The lowest BCUT2D eigenvalue weighted by atomic mass is 10.0. The summed E-state index contributed by atoms with van der Waals surface area (Å²) < 4.78 is 0. The largest absolute Gasteiger partial charge is 0.356 e. The Kier molecular flexibility index (Phi) is 5.82. The molecule has 1 aromatic carbocycles. The van der Waals surface area contributed by atoms with E-state index in [1.54, 1.807) is 13.8 Å². The summed E-state index contributed by atoms with van der Waals surface area (Å²) in [5.41, 5.74) is 2.92. The minimum absolute atomic E-state index is 0.108. The molecule has 0 unspecified atom stereocenters. The van der Waals surface area contributed by atoms with Gasteiger partial charge in [0.2, 0.25) is 5.91 Å². The molecular weight excluding hydrogens is 318 g/mol. The van der Waals surface area contributed by atoms with E-state index in [1.165, 1.54) is 16.7 Å². The number of carbonyl (C=O) groups is 3. The molecule has 0 aromatic heterocycles. The molecule has 0 saturated carbocycles. The molecule has 136 valence electrons. The van der Waals surface area contributed by atoms with Gasteiger partial charge in [-0.25, -0.2) is 4.79 Å². The van der Waals surface area contributed by atoms with Crippen LogP contribution >= 0.6 is 0 Å². The van der Waals surface area contributed by atoms with Crippen molar-refractivity contribution in [2.24, 2.45) is 0 Å². The molecule has 2 rings (SSSR count). The summed E-state index contributed by atoms with van der Waals surface area (Å²) in [5.74, 6) is -0.439. The quantitative estimate of drug-likeness (QED) is 0.586. The number of benzene rings is 1. The van der Waals surface area contributed by atoms with E-state index >= 15 is 0 Å². The van der Waals surface area contributed by atoms with Gasteiger partial charge in [-0.15, -0.1) is 0 Å². The van der Waals surface area contributed by atoms with Crippen molar-refractivity contribution in [2.75, 3.05) is 13.1 Å². The Bertz CT molecular complexity index is 682. The number of nitrogens with one attached hydrogen (secondary N) is 2. The molecule has 6 nitrogen and oxygen atoms in total. The molecule has 1 fully saturated rings. The second-order valence-electron chi connectivity index (χ2n) is 7.15. The summed E-state index contributed by atoms with van der Waals surface area (Å²) in [5, 5.41) is 5.45. The number of urea groups is 1. The predicted octanol–water partition coefficient (Wildman–Crippen LogP) is 2.07. The highest BCUT2D eigenvalue weighted by molar-refractivity contribution is 6.06. The lowest BCUT2D eigenvalue weighted by Crippen LogP contribution is -2.40. The highest BCUT2D eigenvalue weighted by atomic mass is 16.2. The molecular formula is C19H27N3O3. The van der Waals surface area contributed by atoms with Gasteiger partial charge in [-0.2, -0.15) is 0 Å². The topological polar surface area (TPSA) is 78.5 Å². The Balaban J connectivity index is 1.69. The maximum Gasteiger partial charge on any atom is 0.325 e. The minimum Gasteiger partial charge on any atom is -0.356 e. The minimum atomic E-state index is -0.889. The summed E-state index contributed by atoms with van der Waals surface area (Å²) in [6, 6.07) is 5.96. The number of rotatable bonds is 7. The number of hydrogen-bond acceptors (Lipinski definition) is 3. The zero-order chi connectivity index (χ0) is 18.6. The van der Waals surface area contributed by atoms with Crippen molar-refractivity contribution in [1.82, 2.24) is 15.5 Å². The SMILES string of the molecule is Cc1ccc(CCCNC(=O)CCN2C(=O)NC(C)(C)C2=O)c(C)c1. The molecule has 4 amide bonds. The van der Waals surface area contributed by atoms with Crippen LogP contribution < -0.4 is 10.6 Å². The summed E-state index contributed by atoms with van der Waals surface area (Å²) >= 11 is 0. The molecule has 1 saturated heterocycles. The number of carbonyl (C=O) groups excluding carboxylic acids is 3. The highest BCUT2D eigenvalue weighted by Crippen LogP contribution is 2.16. The molecule has 1 aromatic rings. The van der Waals surface area contributed by atoms with Gasteiger partial charge in [-0.1, -0.05) is 23.8 Å². The predicted molar refractivity (Wildman–Crippen MR) is 96.2 cm³/mol. The zero-order valence-electron chi connectivity index (χ0n) is 15.4. The third-order valence-electron chi connectivity index (χ3n) is 4.45. The smallest absolute Gasteiger partial charge is 0.325 e. The van der Waals surface area contributed by atoms with Crippen LogP contribution in [-0.2, 0) is 16.0 Å². The first-order valence-corrected chi connectivity index (χ1v) is 8.67. The Morgan fingerprint density at radius 2 is 1.96 bits per heavy atom. The monoisotopic (exact) mass is 345 g/mol. The lowest BCUT2D eigenvalue weighted by Gasteiger charge is -2.15. The molecule has 0 atom stereocenters. The number of imide groups is 1. The summed E-state index contributed by atoms with van der Waals surface area (Å²) in [7, 11) is 0. The van der Waals surface area contributed by atoms with Crippen LogP contribution in [0.1, 0.15) is 43.4 Å². The first-order valence-electron chi connectivity index (χ1n) is 8.67. The fourth-order valence-corrected chi connectivity index (χ4v) is 2.96. The summed E-state index contributed by atoms with van der Waals surface area (Å²) in [6.07, 6.45) is 1.89.